The third kappa shape index (κ3) is 3.85. The molecule has 0 aliphatic heterocycles. The summed E-state index contributed by atoms with van der Waals surface area (Å²) in [5.41, 5.74) is 1.33. The highest BCUT2D eigenvalue weighted by Gasteiger charge is 2.22. The fourth-order valence-corrected chi connectivity index (χ4v) is 2.59. The maximum absolute atomic E-state index is 13.3. The smallest absolute Gasteiger partial charge is 0.287 e. The highest BCUT2D eigenvalue weighted by molar-refractivity contribution is 5.98. The first kappa shape index (κ1) is 16.7. The Balaban J connectivity index is 1.79. The van der Waals surface area contributed by atoms with E-state index in [1.54, 1.807) is 0 Å². The zero-order valence-electron chi connectivity index (χ0n) is 13.6. The molecule has 25 heavy (non-hydrogen) atoms. The summed E-state index contributed by atoms with van der Waals surface area (Å²) >= 11 is 0. The van der Waals surface area contributed by atoms with Crippen LogP contribution in [0, 0.1) is 5.82 Å². The molecule has 3 aromatic rings. The lowest BCUT2D eigenvalue weighted by molar-refractivity contribution is -0.122. The van der Waals surface area contributed by atoms with Gasteiger partial charge in [-0.25, -0.2) is 4.39 Å². The number of benzene rings is 2. The molecule has 0 radical (unpaired) electrons. The molecule has 0 saturated carbocycles. The van der Waals surface area contributed by atoms with Crippen LogP contribution in [0.15, 0.2) is 59.0 Å². The van der Waals surface area contributed by atoms with Gasteiger partial charge in [0.05, 0.1) is 0 Å². The molecule has 0 aliphatic carbocycles. The Hall–Kier alpha value is -3.15. The van der Waals surface area contributed by atoms with Crippen molar-refractivity contribution >= 4 is 22.8 Å². The maximum Gasteiger partial charge on any atom is 0.287 e. The Labute approximate surface area is 143 Å². The number of fused-ring (bicyclic) bond motifs is 1. The quantitative estimate of drug-likeness (QED) is 0.750. The zero-order chi connectivity index (χ0) is 17.8. The van der Waals surface area contributed by atoms with Crippen molar-refractivity contribution in [1.29, 1.82) is 0 Å². The molecule has 5 nitrogen and oxygen atoms in total. The predicted octanol–water partition coefficient (Wildman–Crippen LogP) is 2.66. The molecular weight excluding hydrogens is 323 g/mol. The van der Waals surface area contributed by atoms with Gasteiger partial charge >= 0.3 is 0 Å². The summed E-state index contributed by atoms with van der Waals surface area (Å²) in [5, 5.41) is 5.70. The lowest BCUT2D eigenvalue weighted by Crippen LogP contribution is -2.47. The fourth-order valence-electron chi connectivity index (χ4n) is 2.59. The first-order chi connectivity index (χ1) is 12.1. The summed E-state index contributed by atoms with van der Waals surface area (Å²) < 4.78 is 18.7. The van der Waals surface area contributed by atoms with E-state index in [4.69, 9.17) is 4.42 Å². The first-order valence-electron chi connectivity index (χ1n) is 7.82. The van der Waals surface area contributed by atoms with Gasteiger partial charge in [-0.1, -0.05) is 30.3 Å². The molecule has 6 heteroatoms. The van der Waals surface area contributed by atoms with Crippen LogP contribution >= 0.6 is 0 Å². The second-order valence-corrected chi connectivity index (χ2v) is 5.62. The minimum Gasteiger partial charge on any atom is -0.451 e. The van der Waals surface area contributed by atoms with Crippen molar-refractivity contribution in [2.75, 3.05) is 7.05 Å². The molecule has 3 rings (SSSR count). The number of hydrogen-bond acceptors (Lipinski definition) is 3. The molecule has 0 fully saturated rings. The number of carbonyl (C=O) groups is 2. The number of carbonyl (C=O) groups excluding carboxylic acids is 2. The number of hydrogen-bond donors (Lipinski definition) is 2. The third-order valence-corrected chi connectivity index (χ3v) is 3.85. The highest BCUT2D eigenvalue weighted by Crippen LogP contribution is 2.20. The van der Waals surface area contributed by atoms with Gasteiger partial charge in [-0.05, 0) is 29.8 Å². The van der Waals surface area contributed by atoms with Gasteiger partial charge in [0.2, 0.25) is 5.91 Å². The molecule has 0 bridgehead atoms. The SMILES string of the molecule is CNC(=O)C(Cc1ccccc1)NC(=O)c1cc2cc(F)ccc2o1. The van der Waals surface area contributed by atoms with Crippen molar-refractivity contribution in [2.45, 2.75) is 12.5 Å². The normalized spacial score (nSPS) is 11.9. The predicted molar refractivity (Wildman–Crippen MR) is 91.6 cm³/mol. The lowest BCUT2D eigenvalue weighted by atomic mass is 10.1. The Morgan fingerprint density at radius 2 is 1.88 bits per heavy atom. The molecule has 2 N–H and O–H groups in total. The Morgan fingerprint density at radius 1 is 1.12 bits per heavy atom. The average molecular weight is 340 g/mol. The Bertz CT molecular complexity index is 905. The summed E-state index contributed by atoms with van der Waals surface area (Å²) in [4.78, 5) is 24.5. The van der Waals surface area contributed by atoms with E-state index in [9.17, 15) is 14.0 Å². The van der Waals surface area contributed by atoms with Crippen molar-refractivity contribution in [3.8, 4) is 0 Å². The molecule has 0 saturated heterocycles. The van der Waals surface area contributed by atoms with E-state index in [0.29, 0.717) is 17.4 Å². The molecule has 128 valence electrons. The largest absolute Gasteiger partial charge is 0.451 e. The third-order valence-electron chi connectivity index (χ3n) is 3.85. The zero-order valence-corrected chi connectivity index (χ0v) is 13.6. The topological polar surface area (TPSA) is 71.3 Å². The van der Waals surface area contributed by atoms with Crippen LogP contribution in [0.4, 0.5) is 4.39 Å². The Morgan fingerprint density at radius 3 is 2.60 bits per heavy atom. The van der Waals surface area contributed by atoms with Crippen LogP contribution in [-0.2, 0) is 11.2 Å². The number of halogens is 1. The number of amides is 2. The summed E-state index contributed by atoms with van der Waals surface area (Å²) in [7, 11) is 1.51. The van der Waals surface area contributed by atoms with E-state index in [0.717, 1.165) is 5.56 Å². The number of rotatable bonds is 5. The minimum atomic E-state index is -0.746. The average Bonchev–Trinajstić information content (AvgIpc) is 3.04. The Kier molecular flexibility index (Phi) is 4.79. The van der Waals surface area contributed by atoms with Gasteiger partial charge in [0.25, 0.3) is 5.91 Å². The van der Waals surface area contributed by atoms with Crippen molar-refractivity contribution in [3.63, 3.8) is 0 Å². The summed E-state index contributed by atoms with van der Waals surface area (Å²) in [6, 6.07) is 14.1. The maximum atomic E-state index is 13.3. The minimum absolute atomic E-state index is 0.0302. The van der Waals surface area contributed by atoms with Crippen LogP contribution < -0.4 is 10.6 Å². The van der Waals surface area contributed by atoms with E-state index in [2.05, 4.69) is 10.6 Å². The van der Waals surface area contributed by atoms with Crippen LogP contribution in [0.1, 0.15) is 16.1 Å². The summed E-state index contributed by atoms with van der Waals surface area (Å²) in [5.74, 6) is -1.21. The van der Waals surface area contributed by atoms with Crippen molar-refractivity contribution in [3.05, 3.63) is 71.7 Å². The van der Waals surface area contributed by atoms with Gasteiger partial charge in [0.15, 0.2) is 5.76 Å². The molecule has 1 heterocycles. The highest BCUT2D eigenvalue weighted by atomic mass is 19.1. The molecule has 2 amide bonds. The van der Waals surface area contributed by atoms with Gasteiger partial charge in [-0.2, -0.15) is 0 Å². The molecule has 1 aromatic heterocycles. The molecule has 1 unspecified atom stereocenters. The van der Waals surface area contributed by atoms with E-state index < -0.39 is 17.8 Å². The van der Waals surface area contributed by atoms with E-state index >= 15 is 0 Å². The fraction of sp³-hybridized carbons (Fsp3) is 0.158. The molecule has 2 aromatic carbocycles. The number of nitrogens with one attached hydrogen (secondary N) is 2. The van der Waals surface area contributed by atoms with Crippen LogP contribution in [0.2, 0.25) is 0 Å². The van der Waals surface area contributed by atoms with E-state index in [1.165, 1.54) is 31.3 Å². The molecule has 0 aliphatic rings. The van der Waals surface area contributed by atoms with Crippen LogP contribution in [0.25, 0.3) is 11.0 Å². The van der Waals surface area contributed by atoms with Gasteiger partial charge in [0, 0.05) is 18.9 Å². The van der Waals surface area contributed by atoms with Gasteiger partial charge in [-0.15, -0.1) is 0 Å². The standard InChI is InChI=1S/C19H17FN2O3/c1-21-18(23)15(9-12-5-3-2-4-6-12)22-19(24)17-11-13-10-14(20)7-8-16(13)25-17/h2-8,10-11,15H,9H2,1H3,(H,21,23)(H,22,24). The van der Waals surface area contributed by atoms with E-state index in [-0.39, 0.29) is 11.7 Å². The second kappa shape index (κ2) is 7.17. The summed E-state index contributed by atoms with van der Waals surface area (Å²) in [6.45, 7) is 0. The van der Waals surface area contributed by atoms with Crippen molar-refractivity contribution in [2.24, 2.45) is 0 Å². The van der Waals surface area contributed by atoms with E-state index in [1.807, 2.05) is 30.3 Å². The second-order valence-electron chi connectivity index (χ2n) is 5.62. The van der Waals surface area contributed by atoms with Crippen LogP contribution in [0.3, 0.4) is 0 Å². The van der Waals surface area contributed by atoms with Crippen LogP contribution in [-0.4, -0.2) is 24.9 Å². The van der Waals surface area contributed by atoms with Gasteiger partial charge in [0.1, 0.15) is 17.4 Å². The lowest BCUT2D eigenvalue weighted by Gasteiger charge is -2.16. The molecule has 0 spiro atoms. The summed E-state index contributed by atoms with van der Waals surface area (Å²) in [6.07, 6.45) is 0.348. The van der Waals surface area contributed by atoms with Gasteiger partial charge < -0.3 is 15.1 Å². The molecular formula is C19H17FN2O3. The number of likely N-dealkylation sites (N-methyl/N-ethyl adjacent to an activating group) is 1. The number of furan rings is 1. The molecule has 1 atom stereocenters. The van der Waals surface area contributed by atoms with Gasteiger partial charge in [-0.3, -0.25) is 9.59 Å². The monoisotopic (exact) mass is 340 g/mol. The van der Waals surface area contributed by atoms with Crippen molar-refractivity contribution < 1.29 is 18.4 Å². The first-order valence-corrected chi connectivity index (χ1v) is 7.82. The van der Waals surface area contributed by atoms with Crippen LogP contribution in [0.5, 0.6) is 0 Å². The van der Waals surface area contributed by atoms with Crippen molar-refractivity contribution in [1.82, 2.24) is 10.6 Å².